The van der Waals surface area contributed by atoms with Crippen LogP contribution in [0.2, 0.25) is 0 Å². The first-order valence-corrected chi connectivity index (χ1v) is 2.27. The quantitative estimate of drug-likeness (QED) is 0.477. The number of rotatable bonds is 1. The maximum Gasteiger partial charge on any atom is 0 e. The van der Waals surface area contributed by atoms with Gasteiger partial charge >= 0.3 is 0 Å². The topological polar surface area (TPSA) is 0 Å². The molecule has 0 fully saturated rings. The van der Waals surface area contributed by atoms with E-state index in [9.17, 15) is 0 Å². The van der Waals surface area contributed by atoms with E-state index in [0.717, 1.165) is 5.92 Å². The van der Waals surface area contributed by atoms with Crippen LogP contribution < -0.4 is 0 Å². The molecule has 0 amide bonds. The molecule has 42 valence electrons. The van der Waals surface area contributed by atoms with E-state index >= 15 is 0 Å². The molecule has 0 saturated heterocycles. The second-order valence-electron chi connectivity index (χ2n) is 1.80. The third kappa shape index (κ3) is 8.82. The fraction of sp³-hybridized carbons (Fsp3) is 1.00. The first-order valence-electron chi connectivity index (χ1n) is 2.27. The molecule has 0 nitrogen and oxygen atoms in total. The third-order valence-corrected chi connectivity index (χ3v) is 0.816. The van der Waals surface area contributed by atoms with E-state index in [1.165, 1.54) is 6.42 Å². The largest absolute Gasteiger partial charge is 0.0651 e. The monoisotopic (exact) mass is 130 g/mol. The Morgan fingerprint density at radius 3 is 1.50 bits per heavy atom. The van der Waals surface area contributed by atoms with Gasteiger partial charge in [-0.05, 0) is 5.92 Å². The molecule has 0 radical (unpaired) electrons. The molecule has 0 N–H and O–H groups in total. The molecule has 1 heteroatoms. The average Bonchev–Trinajstić information content (AvgIpc) is 1.38. The Hall–Kier alpha value is 0.494. The molecule has 0 saturated carbocycles. The first-order chi connectivity index (χ1) is 2.27. The van der Waals surface area contributed by atoms with E-state index < -0.39 is 0 Å². The molecule has 0 aromatic carbocycles. The summed E-state index contributed by atoms with van der Waals surface area (Å²) in [5.41, 5.74) is 0. The van der Waals surface area contributed by atoms with Gasteiger partial charge in [0.15, 0.2) is 0 Å². The van der Waals surface area contributed by atoms with Crippen molar-refractivity contribution in [3.63, 3.8) is 0 Å². The van der Waals surface area contributed by atoms with Gasteiger partial charge in [-0.15, -0.1) is 0 Å². The second-order valence-corrected chi connectivity index (χ2v) is 1.80. The van der Waals surface area contributed by atoms with Crippen LogP contribution in [0.15, 0.2) is 0 Å². The maximum absolute atomic E-state index is 2.22. The number of hydrogen-bond acceptors (Lipinski definition) is 0. The smallest absolute Gasteiger partial charge is 0 e. The van der Waals surface area contributed by atoms with Gasteiger partial charge in [0.25, 0.3) is 0 Å². The molecule has 0 heterocycles. The summed E-state index contributed by atoms with van der Waals surface area (Å²) in [6, 6.07) is 0. The zero-order valence-corrected chi connectivity index (χ0v) is 5.59. The number of hydrogen-bond donors (Lipinski definition) is 0. The molecule has 0 rings (SSSR count). The van der Waals surface area contributed by atoms with E-state index in [2.05, 4.69) is 20.8 Å². The summed E-state index contributed by atoms with van der Waals surface area (Å²) in [7, 11) is 0. The van der Waals surface area contributed by atoms with Gasteiger partial charge in [-0.1, -0.05) is 27.2 Å². The summed E-state index contributed by atoms with van der Waals surface area (Å²) in [6.45, 7) is 6.64. The zero-order chi connectivity index (χ0) is 4.28. The Labute approximate surface area is 50.2 Å². The molecule has 0 atom stereocenters. The van der Waals surface area contributed by atoms with Crippen LogP contribution in [0.4, 0.5) is 0 Å². The summed E-state index contributed by atoms with van der Waals surface area (Å²) in [5, 5.41) is 0. The molecule has 0 bridgehead atoms. The van der Waals surface area contributed by atoms with Crippen LogP contribution in [0, 0.1) is 5.92 Å². The second kappa shape index (κ2) is 5.49. The van der Waals surface area contributed by atoms with Crippen molar-refractivity contribution in [1.82, 2.24) is 0 Å². The molecule has 0 spiro atoms. The maximum atomic E-state index is 2.22. The van der Waals surface area contributed by atoms with E-state index in [4.69, 9.17) is 0 Å². The van der Waals surface area contributed by atoms with Crippen LogP contribution in [0.25, 0.3) is 0 Å². The summed E-state index contributed by atoms with van der Waals surface area (Å²) in [6.07, 6.45) is 1.31. The molecular formula is C5H12Ni. The Bertz CT molecular complexity index is 17.9. The van der Waals surface area contributed by atoms with Crippen molar-refractivity contribution in [2.45, 2.75) is 27.2 Å². The molecule has 0 aromatic rings. The molecule has 0 aromatic heterocycles. The van der Waals surface area contributed by atoms with Crippen molar-refractivity contribution in [2.75, 3.05) is 0 Å². The van der Waals surface area contributed by atoms with Crippen LogP contribution in [-0.4, -0.2) is 0 Å². The van der Waals surface area contributed by atoms with Crippen LogP contribution in [-0.2, 0) is 16.5 Å². The fourth-order valence-electron chi connectivity index (χ4n) is 0. The standard InChI is InChI=1S/C5H12.Ni/c1-4-5(2)3;/h5H,4H2,1-3H3;. The van der Waals surface area contributed by atoms with E-state index in [0.29, 0.717) is 0 Å². The SMILES string of the molecule is CCC(C)C.[Ni]. The van der Waals surface area contributed by atoms with Gasteiger partial charge in [-0.25, -0.2) is 0 Å². The van der Waals surface area contributed by atoms with E-state index in [1.54, 1.807) is 0 Å². The normalized spacial score (nSPS) is 8.00. The predicted molar refractivity (Wildman–Crippen MR) is 25.1 cm³/mol. The molecule has 0 aliphatic heterocycles. The first kappa shape index (κ1) is 9.71. The van der Waals surface area contributed by atoms with Gasteiger partial charge in [0.05, 0.1) is 0 Å². The Morgan fingerprint density at radius 2 is 1.50 bits per heavy atom. The summed E-state index contributed by atoms with van der Waals surface area (Å²) in [5.74, 6) is 0.884. The van der Waals surface area contributed by atoms with Crippen LogP contribution in [0.3, 0.4) is 0 Å². The minimum absolute atomic E-state index is 0. The third-order valence-electron chi connectivity index (χ3n) is 0.816. The van der Waals surface area contributed by atoms with Crippen molar-refractivity contribution in [3.8, 4) is 0 Å². The zero-order valence-electron chi connectivity index (χ0n) is 4.60. The molecule has 0 aliphatic rings. The van der Waals surface area contributed by atoms with Gasteiger partial charge in [-0.2, -0.15) is 0 Å². The molecule has 6 heavy (non-hydrogen) atoms. The molecule has 0 aliphatic carbocycles. The van der Waals surface area contributed by atoms with Crippen LogP contribution in [0.5, 0.6) is 0 Å². The predicted octanol–water partition coefficient (Wildman–Crippen LogP) is 2.05. The Morgan fingerprint density at radius 1 is 1.33 bits per heavy atom. The van der Waals surface area contributed by atoms with Crippen molar-refractivity contribution in [2.24, 2.45) is 5.92 Å². The minimum Gasteiger partial charge on any atom is -0.0651 e. The fourth-order valence-corrected chi connectivity index (χ4v) is 0. The van der Waals surface area contributed by atoms with Crippen LogP contribution >= 0.6 is 0 Å². The Balaban J connectivity index is 0. The Kier molecular flexibility index (Phi) is 8.89. The van der Waals surface area contributed by atoms with Gasteiger partial charge in [0.1, 0.15) is 0 Å². The van der Waals surface area contributed by atoms with Crippen molar-refractivity contribution >= 4 is 0 Å². The summed E-state index contributed by atoms with van der Waals surface area (Å²) in [4.78, 5) is 0. The minimum atomic E-state index is 0. The van der Waals surface area contributed by atoms with E-state index in [-0.39, 0.29) is 16.5 Å². The van der Waals surface area contributed by atoms with Gasteiger partial charge in [-0.3, -0.25) is 0 Å². The van der Waals surface area contributed by atoms with Gasteiger partial charge in [0.2, 0.25) is 0 Å². The average molecular weight is 131 g/mol. The van der Waals surface area contributed by atoms with Crippen LogP contribution in [0.1, 0.15) is 27.2 Å². The summed E-state index contributed by atoms with van der Waals surface area (Å²) >= 11 is 0. The molecule has 0 unspecified atom stereocenters. The summed E-state index contributed by atoms with van der Waals surface area (Å²) < 4.78 is 0. The van der Waals surface area contributed by atoms with Gasteiger partial charge in [0, 0.05) is 16.5 Å². The van der Waals surface area contributed by atoms with E-state index in [1.807, 2.05) is 0 Å². The van der Waals surface area contributed by atoms with Crippen molar-refractivity contribution in [1.29, 1.82) is 0 Å². The molecular weight excluding hydrogens is 119 g/mol. The van der Waals surface area contributed by atoms with Gasteiger partial charge < -0.3 is 0 Å². The van der Waals surface area contributed by atoms with Crippen molar-refractivity contribution < 1.29 is 16.5 Å². The van der Waals surface area contributed by atoms with Crippen molar-refractivity contribution in [3.05, 3.63) is 0 Å².